The van der Waals surface area contributed by atoms with Crippen LogP contribution in [0.2, 0.25) is 0 Å². The van der Waals surface area contributed by atoms with E-state index in [1.807, 2.05) is 0 Å². The fourth-order valence-electron chi connectivity index (χ4n) is 3.46. The van der Waals surface area contributed by atoms with Crippen molar-refractivity contribution in [1.29, 1.82) is 0 Å². The van der Waals surface area contributed by atoms with Crippen LogP contribution in [0.1, 0.15) is 50.5 Å². The molecule has 2 nitrogen and oxygen atoms in total. The molecule has 0 aromatic heterocycles. The summed E-state index contributed by atoms with van der Waals surface area (Å²) in [6.07, 6.45) is 6.85. The van der Waals surface area contributed by atoms with Gasteiger partial charge in [-0.05, 0) is 31.4 Å². The van der Waals surface area contributed by atoms with Crippen LogP contribution < -0.4 is 5.73 Å². The summed E-state index contributed by atoms with van der Waals surface area (Å²) in [6.45, 7) is 3.05. The second-order valence-electron chi connectivity index (χ2n) is 5.96. The summed E-state index contributed by atoms with van der Waals surface area (Å²) in [5.74, 6) is 0.498. The van der Waals surface area contributed by atoms with Gasteiger partial charge < -0.3 is 5.73 Å². The van der Waals surface area contributed by atoms with Gasteiger partial charge in [0.15, 0.2) is 0 Å². The molecular formula is C17H28N2. The minimum absolute atomic E-state index is 0.450. The van der Waals surface area contributed by atoms with Gasteiger partial charge in [0.2, 0.25) is 0 Å². The Balaban J connectivity index is 2.05. The monoisotopic (exact) mass is 260 g/mol. The van der Waals surface area contributed by atoms with Gasteiger partial charge in [-0.15, -0.1) is 0 Å². The van der Waals surface area contributed by atoms with Crippen LogP contribution >= 0.6 is 0 Å². The Bertz CT molecular complexity index is 357. The lowest BCUT2D eigenvalue weighted by Gasteiger charge is -2.39. The third-order valence-corrected chi connectivity index (χ3v) is 4.82. The van der Waals surface area contributed by atoms with E-state index in [1.165, 1.54) is 37.7 Å². The Morgan fingerprint density at radius 2 is 1.79 bits per heavy atom. The summed E-state index contributed by atoms with van der Waals surface area (Å²) in [6, 6.07) is 12.0. The first kappa shape index (κ1) is 14.5. The summed E-state index contributed by atoms with van der Waals surface area (Å²) in [7, 11) is 2.27. The van der Waals surface area contributed by atoms with Gasteiger partial charge in [-0.25, -0.2) is 0 Å². The Hall–Kier alpha value is -0.860. The predicted octanol–water partition coefficient (Wildman–Crippen LogP) is 3.38. The maximum Gasteiger partial charge on any atom is 0.0284 e. The maximum absolute atomic E-state index is 6.08. The van der Waals surface area contributed by atoms with Gasteiger partial charge in [0.05, 0.1) is 0 Å². The topological polar surface area (TPSA) is 29.3 Å². The van der Waals surface area contributed by atoms with Crippen LogP contribution in [-0.2, 0) is 0 Å². The van der Waals surface area contributed by atoms with Crippen molar-refractivity contribution in [2.45, 2.75) is 57.0 Å². The van der Waals surface area contributed by atoms with E-state index < -0.39 is 0 Å². The molecule has 0 radical (unpaired) electrons. The van der Waals surface area contributed by atoms with Crippen LogP contribution in [0.25, 0.3) is 0 Å². The Morgan fingerprint density at radius 3 is 2.37 bits per heavy atom. The lowest BCUT2D eigenvalue weighted by Crippen LogP contribution is -2.47. The first-order valence-corrected chi connectivity index (χ1v) is 7.71. The number of nitrogens with two attached hydrogens (primary N) is 1. The summed E-state index contributed by atoms with van der Waals surface area (Å²) >= 11 is 0. The summed E-state index contributed by atoms with van der Waals surface area (Å²) in [5, 5.41) is 0. The second-order valence-corrected chi connectivity index (χ2v) is 5.96. The molecule has 2 rings (SSSR count). The summed E-state index contributed by atoms with van der Waals surface area (Å²) in [4.78, 5) is 2.55. The zero-order valence-electron chi connectivity index (χ0n) is 12.4. The van der Waals surface area contributed by atoms with E-state index in [4.69, 9.17) is 5.73 Å². The van der Waals surface area contributed by atoms with Crippen molar-refractivity contribution in [1.82, 2.24) is 4.90 Å². The van der Waals surface area contributed by atoms with Gasteiger partial charge >= 0.3 is 0 Å². The van der Waals surface area contributed by atoms with Crippen molar-refractivity contribution in [3.8, 4) is 0 Å². The van der Waals surface area contributed by atoms with Gasteiger partial charge in [0.1, 0.15) is 0 Å². The van der Waals surface area contributed by atoms with Crippen LogP contribution in [-0.4, -0.2) is 30.6 Å². The van der Waals surface area contributed by atoms with Crippen LogP contribution in [0.4, 0.5) is 0 Å². The fraction of sp³-hybridized carbons (Fsp3) is 0.647. The van der Waals surface area contributed by atoms with Crippen molar-refractivity contribution >= 4 is 0 Å². The van der Waals surface area contributed by atoms with Gasteiger partial charge in [-0.2, -0.15) is 0 Å². The van der Waals surface area contributed by atoms with Crippen molar-refractivity contribution in [2.24, 2.45) is 5.73 Å². The SMILES string of the molecule is CC(c1ccccc1)C(CN)N(C)C1CCCCC1. The highest BCUT2D eigenvalue weighted by Gasteiger charge is 2.27. The molecule has 2 unspecified atom stereocenters. The molecule has 0 aliphatic heterocycles. The van der Waals surface area contributed by atoms with E-state index in [0.29, 0.717) is 12.0 Å². The number of hydrogen-bond acceptors (Lipinski definition) is 2. The van der Waals surface area contributed by atoms with E-state index in [2.05, 4.69) is 49.2 Å². The molecule has 1 aliphatic rings. The third kappa shape index (κ3) is 3.58. The quantitative estimate of drug-likeness (QED) is 0.879. The highest BCUT2D eigenvalue weighted by Crippen LogP contribution is 2.28. The van der Waals surface area contributed by atoms with Crippen LogP contribution in [0, 0.1) is 0 Å². The van der Waals surface area contributed by atoms with E-state index in [9.17, 15) is 0 Å². The molecule has 1 fully saturated rings. The van der Waals surface area contributed by atoms with E-state index in [1.54, 1.807) is 0 Å². The van der Waals surface area contributed by atoms with Crippen LogP contribution in [0.3, 0.4) is 0 Å². The van der Waals surface area contributed by atoms with E-state index in [0.717, 1.165) is 12.6 Å². The molecule has 0 bridgehead atoms. The van der Waals surface area contributed by atoms with Gasteiger partial charge in [-0.3, -0.25) is 4.90 Å². The Kier molecular flexibility index (Phi) is 5.41. The molecule has 106 valence electrons. The lowest BCUT2D eigenvalue weighted by atomic mass is 9.88. The lowest BCUT2D eigenvalue weighted by molar-refractivity contribution is 0.126. The standard InChI is InChI=1S/C17H28N2/c1-14(15-9-5-3-6-10-15)17(13-18)19(2)16-11-7-4-8-12-16/h3,5-6,9-10,14,16-17H,4,7-8,11-13,18H2,1-2H3. The average Bonchev–Trinajstić information content (AvgIpc) is 2.49. The molecule has 2 heteroatoms. The molecular weight excluding hydrogens is 232 g/mol. The highest BCUT2D eigenvalue weighted by atomic mass is 15.2. The molecule has 0 amide bonds. The number of benzene rings is 1. The molecule has 1 aromatic carbocycles. The number of rotatable bonds is 5. The summed E-state index contributed by atoms with van der Waals surface area (Å²) in [5.41, 5.74) is 7.48. The molecule has 0 heterocycles. The highest BCUT2D eigenvalue weighted by molar-refractivity contribution is 5.20. The van der Waals surface area contributed by atoms with Crippen LogP contribution in [0.5, 0.6) is 0 Å². The van der Waals surface area contributed by atoms with Gasteiger partial charge in [0, 0.05) is 18.6 Å². The molecule has 2 atom stereocenters. The molecule has 0 saturated heterocycles. The van der Waals surface area contributed by atoms with Crippen molar-refractivity contribution in [2.75, 3.05) is 13.6 Å². The van der Waals surface area contributed by atoms with Crippen LogP contribution in [0.15, 0.2) is 30.3 Å². The van der Waals surface area contributed by atoms with Crippen molar-refractivity contribution in [3.05, 3.63) is 35.9 Å². The van der Waals surface area contributed by atoms with E-state index in [-0.39, 0.29) is 0 Å². The zero-order valence-corrected chi connectivity index (χ0v) is 12.4. The van der Waals surface area contributed by atoms with E-state index >= 15 is 0 Å². The number of hydrogen-bond donors (Lipinski definition) is 1. The molecule has 1 aromatic rings. The number of likely N-dealkylation sites (N-methyl/N-ethyl adjacent to an activating group) is 1. The largest absolute Gasteiger partial charge is 0.329 e. The minimum atomic E-state index is 0.450. The Morgan fingerprint density at radius 1 is 1.16 bits per heavy atom. The van der Waals surface area contributed by atoms with Crippen molar-refractivity contribution in [3.63, 3.8) is 0 Å². The average molecular weight is 260 g/mol. The third-order valence-electron chi connectivity index (χ3n) is 4.82. The molecule has 19 heavy (non-hydrogen) atoms. The molecule has 1 aliphatic carbocycles. The Labute approximate surface area is 118 Å². The van der Waals surface area contributed by atoms with Crippen molar-refractivity contribution < 1.29 is 0 Å². The normalized spacial score (nSPS) is 20.4. The summed E-state index contributed by atoms with van der Waals surface area (Å²) < 4.78 is 0. The second kappa shape index (κ2) is 7.06. The maximum atomic E-state index is 6.08. The molecule has 2 N–H and O–H groups in total. The fourth-order valence-corrected chi connectivity index (χ4v) is 3.46. The van der Waals surface area contributed by atoms with Gasteiger partial charge in [0.25, 0.3) is 0 Å². The zero-order chi connectivity index (χ0) is 13.7. The molecule has 1 saturated carbocycles. The first-order chi connectivity index (χ1) is 9.24. The van der Waals surface area contributed by atoms with Gasteiger partial charge in [-0.1, -0.05) is 56.5 Å². The first-order valence-electron chi connectivity index (χ1n) is 7.71. The predicted molar refractivity (Wildman–Crippen MR) is 82.3 cm³/mol. The smallest absolute Gasteiger partial charge is 0.0284 e. The number of nitrogens with zero attached hydrogens (tertiary/aromatic N) is 1. The minimum Gasteiger partial charge on any atom is -0.329 e. The molecule has 0 spiro atoms.